The van der Waals surface area contributed by atoms with Gasteiger partial charge in [0.25, 0.3) is 5.91 Å². The highest BCUT2D eigenvalue weighted by Crippen LogP contribution is 2.26. The number of halogens is 1. The molecule has 1 saturated heterocycles. The molecule has 0 unspecified atom stereocenters. The van der Waals surface area contributed by atoms with Gasteiger partial charge < -0.3 is 14.2 Å². The Morgan fingerprint density at radius 1 is 1.07 bits per heavy atom. The molecule has 1 fully saturated rings. The zero-order chi connectivity index (χ0) is 18.6. The lowest BCUT2D eigenvalue weighted by Crippen LogP contribution is -2.41. The van der Waals surface area contributed by atoms with Gasteiger partial charge in [0, 0.05) is 68.0 Å². The first-order valence-corrected chi connectivity index (χ1v) is 9.37. The first-order chi connectivity index (χ1) is 13.2. The van der Waals surface area contributed by atoms with Gasteiger partial charge in [-0.3, -0.25) is 9.78 Å². The van der Waals surface area contributed by atoms with Gasteiger partial charge in [0.15, 0.2) is 0 Å². The van der Waals surface area contributed by atoms with E-state index in [-0.39, 0.29) is 12.0 Å². The molecule has 27 heavy (non-hydrogen) atoms. The number of carbonyl (C=O) groups excluding carboxylic acids is 1. The average Bonchev–Trinajstić information content (AvgIpc) is 3.25. The first kappa shape index (κ1) is 17.6. The number of benzene rings is 1. The van der Waals surface area contributed by atoms with E-state index in [1.807, 2.05) is 58.3 Å². The van der Waals surface area contributed by atoms with Crippen molar-refractivity contribution in [3.05, 3.63) is 77.8 Å². The zero-order valence-corrected chi connectivity index (χ0v) is 15.5. The fourth-order valence-electron chi connectivity index (χ4n) is 3.28. The van der Waals surface area contributed by atoms with Crippen LogP contribution in [0.2, 0.25) is 5.02 Å². The molecule has 3 heterocycles. The van der Waals surface area contributed by atoms with Gasteiger partial charge in [0.05, 0.1) is 0 Å². The summed E-state index contributed by atoms with van der Waals surface area (Å²) in [6.07, 6.45) is 8.83. The molecule has 138 valence electrons. The molecule has 3 aromatic rings. The minimum atomic E-state index is 0.0602. The minimum absolute atomic E-state index is 0.0602. The number of pyridine rings is 1. The largest absolute Gasteiger partial charge is 0.489 e. The van der Waals surface area contributed by atoms with Gasteiger partial charge in [-0.05, 0) is 36.4 Å². The molecule has 2 aromatic heterocycles. The Kier molecular flexibility index (Phi) is 5.12. The van der Waals surface area contributed by atoms with E-state index < -0.39 is 0 Å². The number of piperidine rings is 1. The Balaban J connectivity index is 1.35. The second-order valence-electron chi connectivity index (χ2n) is 6.55. The Bertz CT molecular complexity index is 901. The van der Waals surface area contributed by atoms with Crippen LogP contribution in [0.5, 0.6) is 5.75 Å². The second kappa shape index (κ2) is 7.84. The highest BCUT2D eigenvalue weighted by molar-refractivity contribution is 6.31. The predicted octanol–water partition coefficient (Wildman–Crippen LogP) is 4.21. The molecule has 1 aliphatic rings. The van der Waals surface area contributed by atoms with Gasteiger partial charge in [-0.2, -0.15) is 0 Å². The molecule has 0 spiro atoms. The third kappa shape index (κ3) is 3.98. The molecule has 1 amide bonds. The van der Waals surface area contributed by atoms with Crippen molar-refractivity contribution < 1.29 is 9.53 Å². The minimum Gasteiger partial charge on any atom is -0.489 e. The quantitative estimate of drug-likeness (QED) is 0.680. The Morgan fingerprint density at radius 3 is 2.44 bits per heavy atom. The Morgan fingerprint density at radius 2 is 1.78 bits per heavy atom. The lowest BCUT2D eigenvalue weighted by atomic mass is 10.1. The predicted molar refractivity (Wildman–Crippen MR) is 105 cm³/mol. The van der Waals surface area contributed by atoms with Gasteiger partial charge in [0.1, 0.15) is 16.9 Å². The van der Waals surface area contributed by atoms with Crippen LogP contribution < -0.4 is 4.74 Å². The number of nitrogens with zero attached hydrogens (tertiary/aromatic N) is 3. The SMILES string of the molecule is O=C(c1ccc(-n2cccc2)cc1)N1CCC(Oc2ccncc2Cl)CC1. The molecule has 5 nitrogen and oxygen atoms in total. The van der Waals surface area contributed by atoms with Crippen LogP contribution in [0.1, 0.15) is 23.2 Å². The number of amides is 1. The van der Waals surface area contributed by atoms with Gasteiger partial charge in [-0.1, -0.05) is 11.6 Å². The number of likely N-dealkylation sites (tertiary alicyclic amines) is 1. The van der Waals surface area contributed by atoms with Crippen LogP contribution >= 0.6 is 11.6 Å². The zero-order valence-electron chi connectivity index (χ0n) is 14.8. The highest BCUT2D eigenvalue weighted by atomic mass is 35.5. The van der Waals surface area contributed by atoms with Crippen molar-refractivity contribution in [1.29, 1.82) is 0 Å². The van der Waals surface area contributed by atoms with Crippen molar-refractivity contribution in [3.63, 3.8) is 0 Å². The summed E-state index contributed by atoms with van der Waals surface area (Å²) in [5, 5.41) is 0.513. The van der Waals surface area contributed by atoms with Crippen molar-refractivity contribution >= 4 is 17.5 Å². The van der Waals surface area contributed by atoms with Crippen LogP contribution in [0.4, 0.5) is 0 Å². The molecule has 0 N–H and O–H groups in total. The van der Waals surface area contributed by atoms with E-state index in [1.54, 1.807) is 18.5 Å². The Hall–Kier alpha value is -2.79. The topological polar surface area (TPSA) is 47.4 Å². The van der Waals surface area contributed by atoms with Crippen molar-refractivity contribution in [2.75, 3.05) is 13.1 Å². The van der Waals surface area contributed by atoms with Crippen LogP contribution in [-0.2, 0) is 0 Å². The number of ether oxygens (including phenoxy) is 1. The molecule has 0 bridgehead atoms. The first-order valence-electron chi connectivity index (χ1n) is 8.99. The van der Waals surface area contributed by atoms with Gasteiger partial charge >= 0.3 is 0 Å². The third-order valence-corrected chi connectivity index (χ3v) is 5.06. The van der Waals surface area contributed by atoms with Crippen LogP contribution in [0.3, 0.4) is 0 Å². The van der Waals surface area contributed by atoms with Crippen molar-refractivity contribution in [3.8, 4) is 11.4 Å². The van der Waals surface area contributed by atoms with E-state index in [9.17, 15) is 4.79 Å². The smallest absolute Gasteiger partial charge is 0.253 e. The molecule has 6 heteroatoms. The van der Waals surface area contributed by atoms with Crippen molar-refractivity contribution in [2.24, 2.45) is 0 Å². The van der Waals surface area contributed by atoms with Crippen molar-refractivity contribution in [2.45, 2.75) is 18.9 Å². The van der Waals surface area contributed by atoms with Crippen LogP contribution in [0.15, 0.2) is 67.3 Å². The fraction of sp³-hybridized carbons (Fsp3) is 0.238. The lowest BCUT2D eigenvalue weighted by molar-refractivity contribution is 0.0595. The van der Waals surface area contributed by atoms with Crippen LogP contribution in [0.25, 0.3) is 5.69 Å². The second-order valence-corrected chi connectivity index (χ2v) is 6.96. The number of hydrogen-bond acceptors (Lipinski definition) is 3. The monoisotopic (exact) mass is 381 g/mol. The molecule has 0 saturated carbocycles. The van der Waals surface area contributed by atoms with Crippen molar-refractivity contribution in [1.82, 2.24) is 14.5 Å². The third-order valence-electron chi connectivity index (χ3n) is 4.77. The summed E-state index contributed by atoms with van der Waals surface area (Å²) in [6.45, 7) is 1.34. The molecule has 4 rings (SSSR count). The molecule has 1 aromatic carbocycles. The molecule has 1 aliphatic heterocycles. The molecule has 0 aliphatic carbocycles. The highest BCUT2D eigenvalue weighted by Gasteiger charge is 2.25. The van der Waals surface area contributed by atoms with E-state index >= 15 is 0 Å². The van der Waals surface area contributed by atoms with Crippen LogP contribution in [-0.4, -0.2) is 39.6 Å². The number of aromatic nitrogens is 2. The standard InChI is InChI=1S/C21H20ClN3O2/c22-19-15-23-10-7-20(19)27-18-8-13-25(14-9-18)21(26)16-3-5-17(6-4-16)24-11-1-2-12-24/h1-7,10-12,15,18H,8-9,13-14H2. The number of carbonyl (C=O) groups is 1. The van der Waals surface area contributed by atoms with Crippen LogP contribution in [0, 0.1) is 0 Å². The summed E-state index contributed by atoms with van der Waals surface area (Å²) in [6, 6.07) is 13.4. The number of rotatable bonds is 4. The summed E-state index contributed by atoms with van der Waals surface area (Å²) in [7, 11) is 0. The molecular formula is C21H20ClN3O2. The van der Waals surface area contributed by atoms with E-state index in [2.05, 4.69) is 4.98 Å². The maximum atomic E-state index is 12.8. The van der Waals surface area contributed by atoms with Gasteiger partial charge in [0.2, 0.25) is 0 Å². The van der Waals surface area contributed by atoms with E-state index in [0.29, 0.717) is 29.4 Å². The van der Waals surface area contributed by atoms with E-state index in [1.165, 1.54) is 0 Å². The normalized spacial score (nSPS) is 14.9. The van der Waals surface area contributed by atoms with Gasteiger partial charge in [-0.15, -0.1) is 0 Å². The molecular weight excluding hydrogens is 362 g/mol. The lowest BCUT2D eigenvalue weighted by Gasteiger charge is -2.32. The summed E-state index contributed by atoms with van der Waals surface area (Å²) >= 11 is 6.10. The Labute approximate surface area is 163 Å². The maximum absolute atomic E-state index is 12.8. The summed E-state index contributed by atoms with van der Waals surface area (Å²) in [5.41, 5.74) is 1.75. The molecule has 0 atom stereocenters. The van der Waals surface area contributed by atoms with E-state index in [4.69, 9.17) is 16.3 Å². The summed E-state index contributed by atoms with van der Waals surface area (Å²) < 4.78 is 7.98. The summed E-state index contributed by atoms with van der Waals surface area (Å²) in [5.74, 6) is 0.714. The molecule has 0 radical (unpaired) electrons. The summed E-state index contributed by atoms with van der Waals surface area (Å²) in [4.78, 5) is 18.6. The fourth-order valence-corrected chi connectivity index (χ4v) is 3.44. The van der Waals surface area contributed by atoms with E-state index in [0.717, 1.165) is 18.5 Å². The van der Waals surface area contributed by atoms with Gasteiger partial charge in [-0.25, -0.2) is 0 Å². The maximum Gasteiger partial charge on any atom is 0.253 e. The number of hydrogen-bond donors (Lipinski definition) is 0. The average molecular weight is 382 g/mol.